The van der Waals surface area contributed by atoms with Gasteiger partial charge in [-0.2, -0.15) is 0 Å². The molecule has 0 heterocycles. The Labute approximate surface area is 98.3 Å². The topological polar surface area (TPSA) is 113 Å². The summed E-state index contributed by atoms with van der Waals surface area (Å²) >= 11 is 0. The molecule has 0 aromatic heterocycles. The normalized spacial score (nSPS) is 14.1. The highest BCUT2D eigenvalue weighted by Gasteiger charge is 2.20. The SMILES string of the molecule is COc1ccc(C(O)C(O)CN)cc1C(=O)O. The second-order valence-corrected chi connectivity index (χ2v) is 3.51. The average molecular weight is 241 g/mol. The monoisotopic (exact) mass is 241 g/mol. The Balaban J connectivity index is 3.12. The van der Waals surface area contributed by atoms with Crippen LogP contribution in [0.5, 0.6) is 5.75 Å². The second-order valence-electron chi connectivity index (χ2n) is 3.51. The number of aromatic carboxylic acids is 1. The van der Waals surface area contributed by atoms with E-state index in [0.29, 0.717) is 0 Å². The van der Waals surface area contributed by atoms with Gasteiger partial charge < -0.3 is 25.8 Å². The van der Waals surface area contributed by atoms with Crippen LogP contribution in [0.3, 0.4) is 0 Å². The summed E-state index contributed by atoms with van der Waals surface area (Å²) in [6.45, 7) is -0.115. The lowest BCUT2D eigenvalue weighted by Crippen LogP contribution is -2.27. The molecule has 1 aromatic rings. The third kappa shape index (κ3) is 2.94. The molecule has 1 rings (SSSR count). The molecule has 0 aliphatic heterocycles. The lowest BCUT2D eigenvalue weighted by atomic mass is 10.0. The molecule has 0 spiro atoms. The van der Waals surface area contributed by atoms with E-state index in [0.717, 1.165) is 0 Å². The van der Waals surface area contributed by atoms with Gasteiger partial charge in [-0.3, -0.25) is 0 Å². The minimum absolute atomic E-state index is 0.0757. The van der Waals surface area contributed by atoms with E-state index < -0.39 is 18.2 Å². The summed E-state index contributed by atoms with van der Waals surface area (Å²) in [4.78, 5) is 10.9. The van der Waals surface area contributed by atoms with Crippen LogP contribution in [-0.4, -0.2) is 41.0 Å². The second kappa shape index (κ2) is 5.62. The predicted octanol–water partition coefficient (Wildman–Crippen LogP) is -0.254. The molecule has 1 aromatic carbocycles. The van der Waals surface area contributed by atoms with Crippen molar-refractivity contribution in [3.8, 4) is 5.75 Å². The van der Waals surface area contributed by atoms with E-state index in [-0.39, 0.29) is 23.4 Å². The van der Waals surface area contributed by atoms with Crippen molar-refractivity contribution in [1.82, 2.24) is 0 Å². The zero-order valence-corrected chi connectivity index (χ0v) is 9.33. The molecule has 5 N–H and O–H groups in total. The van der Waals surface area contributed by atoms with Crippen LogP contribution < -0.4 is 10.5 Å². The fraction of sp³-hybridized carbons (Fsp3) is 0.364. The maximum absolute atomic E-state index is 10.9. The Morgan fingerprint density at radius 3 is 2.59 bits per heavy atom. The highest BCUT2D eigenvalue weighted by molar-refractivity contribution is 5.91. The Kier molecular flexibility index (Phi) is 4.45. The molecule has 94 valence electrons. The number of carboxylic acid groups (broad SMARTS) is 1. The van der Waals surface area contributed by atoms with Gasteiger partial charge in [-0.05, 0) is 17.7 Å². The van der Waals surface area contributed by atoms with Crippen molar-refractivity contribution < 1.29 is 24.9 Å². The standard InChI is InChI=1S/C11H15NO5/c1-17-9-3-2-6(4-7(9)11(15)16)10(14)8(13)5-12/h2-4,8,10,13-14H,5,12H2,1H3,(H,15,16). The van der Waals surface area contributed by atoms with Crippen molar-refractivity contribution in [3.63, 3.8) is 0 Å². The van der Waals surface area contributed by atoms with Crippen LogP contribution >= 0.6 is 0 Å². The number of aliphatic hydroxyl groups is 2. The van der Waals surface area contributed by atoms with Crippen LogP contribution in [0, 0.1) is 0 Å². The van der Waals surface area contributed by atoms with Crippen LogP contribution in [0.1, 0.15) is 22.0 Å². The molecule has 0 saturated carbocycles. The van der Waals surface area contributed by atoms with Gasteiger partial charge in [0.2, 0.25) is 0 Å². The highest BCUT2D eigenvalue weighted by Crippen LogP contribution is 2.24. The van der Waals surface area contributed by atoms with Gasteiger partial charge >= 0.3 is 5.97 Å². The first-order valence-electron chi connectivity index (χ1n) is 4.98. The van der Waals surface area contributed by atoms with E-state index in [1.54, 1.807) is 0 Å². The maximum Gasteiger partial charge on any atom is 0.339 e. The van der Waals surface area contributed by atoms with Gasteiger partial charge in [0.15, 0.2) is 0 Å². The molecule has 0 amide bonds. The molecule has 0 radical (unpaired) electrons. The van der Waals surface area contributed by atoms with Crippen molar-refractivity contribution in [2.45, 2.75) is 12.2 Å². The summed E-state index contributed by atoms with van der Waals surface area (Å²) in [6, 6.07) is 4.16. The van der Waals surface area contributed by atoms with Gasteiger partial charge in [-0.1, -0.05) is 6.07 Å². The quantitative estimate of drug-likeness (QED) is 0.565. The fourth-order valence-electron chi connectivity index (χ4n) is 1.43. The lowest BCUT2D eigenvalue weighted by Gasteiger charge is -2.17. The Morgan fingerprint density at radius 1 is 1.47 bits per heavy atom. The molecule has 0 aliphatic rings. The zero-order chi connectivity index (χ0) is 13.0. The minimum Gasteiger partial charge on any atom is -0.496 e. The third-order valence-corrected chi connectivity index (χ3v) is 2.40. The number of rotatable bonds is 5. The summed E-state index contributed by atoms with van der Waals surface area (Å²) in [5.41, 5.74) is 5.42. The zero-order valence-electron chi connectivity index (χ0n) is 9.33. The third-order valence-electron chi connectivity index (χ3n) is 2.40. The first-order valence-corrected chi connectivity index (χ1v) is 4.98. The predicted molar refractivity (Wildman–Crippen MR) is 60.0 cm³/mol. The Bertz CT molecular complexity index is 407. The van der Waals surface area contributed by atoms with E-state index in [2.05, 4.69) is 0 Å². The number of aliphatic hydroxyl groups excluding tert-OH is 2. The van der Waals surface area contributed by atoms with Crippen LogP contribution in [0.4, 0.5) is 0 Å². The number of hydrogen-bond donors (Lipinski definition) is 4. The number of nitrogens with two attached hydrogens (primary N) is 1. The molecule has 0 fully saturated rings. The molecule has 2 atom stereocenters. The summed E-state index contributed by atoms with van der Waals surface area (Å²) in [7, 11) is 1.35. The van der Waals surface area contributed by atoms with Crippen molar-refractivity contribution in [1.29, 1.82) is 0 Å². The molecular formula is C11H15NO5. The summed E-state index contributed by atoms with van der Waals surface area (Å²) in [6.07, 6.45) is -2.35. The fourth-order valence-corrected chi connectivity index (χ4v) is 1.43. The van der Waals surface area contributed by atoms with Gasteiger partial charge in [0.1, 0.15) is 17.4 Å². The average Bonchev–Trinajstić information content (AvgIpc) is 2.35. The maximum atomic E-state index is 10.9. The number of carboxylic acids is 1. The number of hydrogen-bond acceptors (Lipinski definition) is 5. The van der Waals surface area contributed by atoms with E-state index in [1.807, 2.05) is 0 Å². The molecule has 17 heavy (non-hydrogen) atoms. The summed E-state index contributed by atoms with van der Waals surface area (Å²) < 4.78 is 4.88. The van der Waals surface area contributed by atoms with E-state index in [4.69, 9.17) is 15.6 Å². The van der Waals surface area contributed by atoms with Crippen molar-refractivity contribution in [2.75, 3.05) is 13.7 Å². The van der Waals surface area contributed by atoms with E-state index >= 15 is 0 Å². The van der Waals surface area contributed by atoms with Crippen molar-refractivity contribution in [2.24, 2.45) is 5.73 Å². The van der Waals surface area contributed by atoms with Gasteiger partial charge in [0, 0.05) is 6.54 Å². The smallest absolute Gasteiger partial charge is 0.339 e. The number of ether oxygens (including phenoxy) is 1. The molecule has 6 nitrogen and oxygen atoms in total. The lowest BCUT2D eigenvalue weighted by molar-refractivity contribution is 0.0242. The molecule has 2 unspecified atom stereocenters. The first kappa shape index (κ1) is 13.4. The summed E-state index contributed by atoms with van der Waals surface area (Å²) in [5.74, 6) is -0.978. The molecule has 0 bridgehead atoms. The minimum atomic E-state index is -1.22. The van der Waals surface area contributed by atoms with Gasteiger partial charge in [-0.25, -0.2) is 4.79 Å². The van der Waals surface area contributed by atoms with E-state index in [1.165, 1.54) is 25.3 Å². The van der Waals surface area contributed by atoms with Crippen LogP contribution in [-0.2, 0) is 0 Å². The number of methoxy groups -OCH3 is 1. The largest absolute Gasteiger partial charge is 0.496 e. The van der Waals surface area contributed by atoms with E-state index in [9.17, 15) is 15.0 Å². The first-order chi connectivity index (χ1) is 8.01. The number of benzene rings is 1. The van der Waals surface area contributed by atoms with Gasteiger partial charge in [-0.15, -0.1) is 0 Å². The van der Waals surface area contributed by atoms with Crippen molar-refractivity contribution >= 4 is 5.97 Å². The van der Waals surface area contributed by atoms with Gasteiger partial charge in [0.05, 0.1) is 13.2 Å². The summed E-state index contributed by atoms with van der Waals surface area (Å²) in [5, 5.41) is 28.0. The Morgan fingerprint density at radius 2 is 2.12 bits per heavy atom. The molecular weight excluding hydrogens is 226 g/mol. The number of carbonyl (C=O) groups is 1. The van der Waals surface area contributed by atoms with Crippen LogP contribution in [0.25, 0.3) is 0 Å². The van der Waals surface area contributed by atoms with Crippen LogP contribution in [0.2, 0.25) is 0 Å². The van der Waals surface area contributed by atoms with Crippen LogP contribution in [0.15, 0.2) is 18.2 Å². The Hall–Kier alpha value is -1.63. The van der Waals surface area contributed by atoms with Gasteiger partial charge in [0.25, 0.3) is 0 Å². The molecule has 6 heteroatoms. The molecule has 0 saturated heterocycles. The van der Waals surface area contributed by atoms with Crippen molar-refractivity contribution in [3.05, 3.63) is 29.3 Å². The highest BCUT2D eigenvalue weighted by atomic mass is 16.5. The molecule has 0 aliphatic carbocycles.